The van der Waals surface area contributed by atoms with Gasteiger partial charge < -0.3 is 20.9 Å². The molecule has 2 aromatic rings. The summed E-state index contributed by atoms with van der Waals surface area (Å²) in [5, 5.41) is 0. The van der Waals surface area contributed by atoms with Crippen molar-refractivity contribution in [3.8, 4) is 0 Å². The van der Waals surface area contributed by atoms with Crippen molar-refractivity contribution in [2.75, 3.05) is 13.2 Å². The summed E-state index contributed by atoms with van der Waals surface area (Å²) in [6.07, 6.45) is -0.0252. The van der Waals surface area contributed by atoms with Crippen LogP contribution in [0.5, 0.6) is 0 Å². The standard InChI is InChI=1S/C23H26N2O6/c1-3-30-21(28)23(22(29)31-4-2,13-15-5-9-17(10-6-15)19(24)26)14-16-7-11-18(12-8-16)20(25)27/h5-12H,3-4,13-14H2,1-2H3,(H2,24,26)(H2,25,27). The molecule has 31 heavy (non-hydrogen) atoms. The second-order valence-corrected chi connectivity index (χ2v) is 7.00. The van der Waals surface area contributed by atoms with Gasteiger partial charge in [0.15, 0.2) is 5.41 Å². The number of amides is 2. The van der Waals surface area contributed by atoms with E-state index in [1.807, 2.05) is 0 Å². The molecule has 8 heteroatoms. The number of rotatable bonds is 10. The monoisotopic (exact) mass is 426 g/mol. The van der Waals surface area contributed by atoms with E-state index in [0.717, 1.165) is 0 Å². The van der Waals surface area contributed by atoms with Gasteiger partial charge in [-0.1, -0.05) is 24.3 Å². The number of carbonyl (C=O) groups excluding carboxylic acids is 4. The zero-order valence-corrected chi connectivity index (χ0v) is 17.6. The highest BCUT2D eigenvalue weighted by Gasteiger charge is 2.49. The Hall–Kier alpha value is -3.68. The number of benzene rings is 2. The summed E-state index contributed by atoms with van der Waals surface area (Å²) in [7, 11) is 0. The van der Waals surface area contributed by atoms with Crippen LogP contribution in [-0.4, -0.2) is 37.0 Å². The van der Waals surface area contributed by atoms with E-state index in [-0.39, 0.29) is 26.1 Å². The van der Waals surface area contributed by atoms with Crippen LogP contribution in [0.1, 0.15) is 45.7 Å². The first-order valence-corrected chi connectivity index (χ1v) is 9.85. The summed E-state index contributed by atoms with van der Waals surface area (Å²) in [6.45, 7) is 3.47. The van der Waals surface area contributed by atoms with Crippen LogP contribution in [0.2, 0.25) is 0 Å². The number of hydrogen-bond donors (Lipinski definition) is 2. The Bertz CT molecular complexity index is 872. The van der Waals surface area contributed by atoms with Gasteiger partial charge in [0.1, 0.15) is 0 Å². The molecular formula is C23H26N2O6. The lowest BCUT2D eigenvalue weighted by Crippen LogP contribution is -2.46. The molecule has 164 valence electrons. The summed E-state index contributed by atoms with van der Waals surface area (Å²) >= 11 is 0. The average Bonchev–Trinajstić information content (AvgIpc) is 2.74. The topological polar surface area (TPSA) is 139 Å². The molecule has 0 aromatic heterocycles. The fourth-order valence-corrected chi connectivity index (χ4v) is 3.24. The highest BCUT2D eigenvalue weighted by Crippen LogP contribution is 2.32. The van der Waals surface area contributed by atoms with E-state index in [0.29, 0.717) is 22.3 Å². The van der Waals surface area contributed by atoms with Gasteiger partial charge in [-0.2, -0.15) is 0 Å². The highest BCUT2D eigenvalue weighted by molar-refractivity contribution is 6.01. The Labute approximate surface area is 180 Å². The molecule has 4 N–H and O–H groups in total. The number of esters is 2. The van der Waals surface area contributed by atoms with Crippen molar-refractivity contribution in [3.05, 3.63) is 70.8 Å². The lowest BCUT2D eigenvalue weighted by molar-refractivity contribution is -0.172. The van der Waals surface area contributed by atoms with Crippen molar-refractivity contribution in [2.24, 2.45) is 16.9 Å². The minimum absolute atomic E-state index is 0.0126. The third-order valence-corrected chi connectivity index (χ3v) is 4.82. The Kier molecular flexibility index (Phi) is 7.90. The summed E-state index contributed by atoms with van der Waals surface area (Å²) < 4.78 is 10.5. The quantitative estimate of drug-likeness (QED) is 0.439. The van der Waals surface area contributed by atoms with Gasteiger partial charge in [0.25, 0.3) is 0 Å². The molecule has 2 aromatic carbocycles. The van der Waals surface area contributed by atoms with Crippen molar-refractivity contribution in [2.45, 2.75) is 26.7 Å². The van der Waals surface area contributed by atoms with E-state index in [2.05, 4.69) is 0 Å². The summed E-state index contributed by atoms with van der Waals surface area (Å²) in [4.78, 5) is 48.8. The van der Waals surface area contributed by atoms with Gasteiger partial charge in [0.2, 0.25) is 11.8 Å². The van der Waals surface area contributed by atoms with Gasteiger partial charge in [0.05, 0.1) is 13.2 Å². The molecule has 0 atom stereocenters. The van der Waals surface area contributed by atoms with Crippen molar-refractivity contribution in [1.29, 1.82) is 0 Å². The predicted molar refractivity (Wildman–Crippen MR) is 113 cm³/mol. The lowest BCUT2D eigenvalue weighted by atomic mass is 9.76. The molecule has 0 aliphatic rings. The molecule has 2 amide bonds. The molecule has 2 rings (SSSR count). The smallest absolute Gasteiger partial charge is 0.324 e. The van der Waals surface area contributed by atoms with Gasteiger partial charge in [-0.05, 0) is 62.1 Å². The van der Waals surface area contributed by atoms with Gasteiger partial charge >= 0.3 is 11.9 Å². The van der Waals surface area contributed by atoms with Gasteiger partial charge in [0, 0.05) is 11.1 Å². The maximum absolute atomic E-state index is 13.1. The largest absolute Gasteiger partial charge is 0.465 e. The van der Waals surface area contributed by atoms with Crippen molar-refractivity contribution >= 4 is 23.8 Å². The maximum Gasteiger partial charge on any atom is 0.324 e. The van der Waals surface area contributed by atoms with Crippen LogP contribution in [0.15, 0.2) is 48.5 Å². The molecule has 0 unspecified atom stereocenters. The minimum atomic E-state index is -1.66. The first-order chi connectivity index (χ1) is 14.7. The molecular weight excluding hydrogens is 400 g/mol. The first-order valence-electron chi connectivity index (χ1n) is 9.85. The Morgan fingerprint density at radius 1 is 0.677 bits per heavy atom. The lowest BCUT2D eigenvalue weighted by Gasteiger charge is -2.29. The van der Waals surface area contributed by atoms with E-state index < -0.39 is 29.2 Å². The third kappa shape index (κ3) is 5.69. The molecule has 0 saturated carbocycles. The summed E-state index contributed by atoms with van der Waals surface area (Å²) in [5.74, 6) is -2.59. The van der Waals surface area contributed by atoms with Gasteiger partial charge in [-0.15, -0.1) is 0 Å². The average molecular weight is 426 g/mol. The molecule has 0 aliphatic heterocycles. The molecule has 0 radical (unpaired) electrons. The number of hydrogen-bond acceptors (Lipinski definition) is 6. The van der Waals surface area contributed by atoms with E-state index in [9.17, 15) is 19.2 Å². The minimum Gasteiger partial charge on any atom is -0.465 e. The second-order valence-electron chi connectivity index (χ2n) is 7.00. The number of nitrogens with two attached hydrogens (primary N) is 2. The van der Waals surface area contributed by atoms with Crippen LogP contribution in [0.25, 0.3) is 0 Å². The Morgan fingerprint density at radius 3 is 1.26 bits per heavy atom. The fourth-order valence-electron chi connectivity index (χ4n) is 3.24. The second kappa shape index (κ2) is 10.4. The fraction of sp³-hybridized carbons (Fsp3) is 0.304. The van der Waals surface area contributed by atoms with Crippen LogP contribution in [0, 0.1) is 5.41 Å². The molecule has 8 nitrogen and oxygen atoms in total. The zero-order valence-electron chi connectivity index (χ0n) is 17.6. The molecule has 0 saturated heterocycles. The molecule has 0 spiro atoms. The molecule has 0 bridgehead atoms. The van der Waals surface area contributed by atoms with Crippen LogP contribution in [0.3, 0.4) is 0 Å². The first kappa shape index (κ1) is 23.6. The molecule has 0 fully saturated rings. The number of primary amides is 2. The summed E-state index contributed by atoms with van der Waals surface area (Å²) in [5.41, 5.74) is 10.8. The Morgan fingerprint density at radius 2 is 1.00 bits per heavy atom. The normalized spacial score (nSPS) is 10.9. The molecule has 0 heterocycles. The van der Waals surface area contributed by atoms with Gasteiger partial charge in [-0.3, -0.25) is 19.2 Å². The maximum atomic E-state index is 13.1. The van der Waals surface area contributed by atoms with Crippen molar-refractivity contribution in [1.82, 2.24) is 0 Å². The SMILES string of the molecule is CCOC(=O)C(Cc1ccc(C(N)=O)cc1)(Cc1ccc(C(N)=O)cc1)C(=O)OCC. The third-order valence-electron chi connectivity index (χ3n) is 4.82. The van der Waals surface area contributed by atoms with Crippen molar-refractivity contribution < 1.29 is 28.7 Å². The van der Waals surface area contributed by atoms with Gasteiger partial charge in [-0.25, -0.2) is 0 Å². The highest BCUT2D eigenvalue weighted by atomic mass is 16.6. The predicted octanol–water partition coefficient (Wildman–Crippen LogP) is 1.78. The van der Waals surface area contributed by atoms with E-state index in [1.54, 1.807) is 38.1 Å². The van der Waals surface area contributed by atoms with Crippen LogP contribution in [0.4, 0.5) is 0 Å². The number of carbonyl (C=O) groups is 4. The van der Waals surface area contributed by atoms with Crippen LogP contribution < -0.4 is 11.5 Å². The van der Waals surface area contributed by atoms with E-state index in [1.165, 1.54) is 24.3 Å². The van der Waals surface area contributed by atoms with E-state index in [4.69, 9.17) is 20.9 Å². The van der Waals surface area contributed by atoms with Crippen LogP contribution >= 0.6 is 0 Å². The van der Waals surface area contributed by atoms with Crippen LogP contribution in [-0.2, 0) is 31.9 Å². The summed E-state index contributed by atoms with van der Waals surface area (Å²) in [6, 6.07) is 12.6. The molecule has 0 aliphatic carbocycles. The zero-order chi connectivity index (χ0) is 23.0. The van der Waals surface area contributed by atoms with Crippen molar-refractivity contribution in [3.63, 3.8) is 0 Å². The number of ether oxygens (including phenoxy) is 2. The van der Waals surface area contributed by atoms with E-state index >= 15 is 0 Å². The Balaban J connectivity index is 2.50.